The van der Waals surface area contributed by atoms with Gasteiger partial charge >= 0.3 is 0 Å². The van der Waals surface area contributed by atoms with Gasteiger partial charge in [-0.05, 0) is 85.3 Å². The number of benzene rings is 5. The molecule has 48 heavy (non-hydrogen) atoms. The van der Waals surface area contributed by atoms with Crippen molar-refractivity contribution in [2.45, 2.75) is 33.3 Å². The van der Waals surface area contributed by atoms with E-state index in [0.29, 0.717) is 17.7 Å². The van der Waals surface area contributed by atoms with Crippen molar-refractivity contribution in [3.8, 4) is 0 Å². The highest BCUT2D eigenvalue weighted by molar-refractivity contribution is 8.00. The number of amides is 3. The molecule has 0 saturated carbocycles. The molecule has 5 aromatic rings. The predicted octanol–water partition coefficient (Wildman–Crippen LogP) is 9.59. The summed E-state index contributed by atoms with van der Waals surface area (Å²) >= 11 is 9.33. The third-order valence-electron chi connectivity index (χ3n) is 7.51. The number of nitrogens with zero attached hydrogens (tertiary/aromatic N) is 1. The molecular weight excluding hydrogens is 665 g/mol. The summed E-state index contributed by atoms with van der Waals surface area (Å²) in [7, 11) is 0. The first-order valence-electron chi connectivity index (χ1n) is 15.1. The Morgan fingerprint density at radius 3 is 2.08 bits per heavy atom. The fourth-order valence-electron chi connectivity index (χ4n) is 5.11. The highest BCUT2D eigenvalue weighted by Crippen LogP contribution is 2.48. The molecule has 6 rings (SSSR count). The van der Waals surface area contributed by atoms with Gasteiger partial charge in [-0.2, -0.15) is 0 Å². The van der Waals surface area contributed by atoms with Gasteiger partial charge in [0, 0.05) is 31.5 Å². The second-order valence-electron chi connectivity index (χ2n) is 10.7. The Hall–Kier alpha value is -4.83. The Morgan fingerprint density at radius 1 is 0.833 bits per heavy atom. The van der Waals surface area contributed by atoms with E-state index in [-0.39, 0.29) is 27.4 Å². The Labute approximate surface area is 291 Å². The van der Waals surface area contributed by atoms with Crippen molar-refractivity contribution in [1.29, 1.82) is 0 Å². The average molecular weight is 694 g/mol. The van der Waals surface area contributed by atoms with Crippen molar-refractivity contribution in [2.24, 2.45) is 0 Å². The van der Waals surface area contributed by atoms with E-state index in [9.17, 15) is 18.8 Å². The van der Waals surface area contributed by atoms with Crippen LogP contribution in [-0.4, -0.2) is 23.0 Å². The van der Waals surface area contributed by atoms with Crippen LogP contribution in [0.15, 0.2) is 142 Å². The number of fused-ring (bicyclic) bond motifs is 2. The van der Waals surface area contributed by atoms with Crippen molar-refractivity contribution in [2.75, 3.05) is 10.2 Å². The van der Waals surface area contributed by atoms with Crippen LogP contribution in [0.3, 0.4) is 0 Å². The van der Waals surface area contributed by atoms with Crippen LogP contribution in [0.4, 0.5) is 21.5 Å². The van der Waals surface area contributed by atoms with Gasteiger partial charge in [0.25, 0.3) is 11.8 Å². The maximum atomic E-state index is 14.7. The average Bonchev–Trinajstić information content (AvgIpc) is 3.11. The van der Waals surface area contributed by atoms with Gasteiger partial charge in [-0.1, -0.05) is 78.8 Å². The van der Waals surface area contributed by atoms with Crippen LogP contribution in [0.2, 0.25) is 5.02 Å². The molecule has 6 nitrogen and oxygen atoms in total. The zero-order valence-corrected chi connectivity index (χ0v) is 28.0. The minimum atomic E-state index is -0.666. The van der Waals surface area contributed by atoms with Gasteiger partial charge < -0.3 is 10.6 Å². The van der Waals surface area contributed by atoms with Crippen molar-refractivity contribution in [1.82, 2.24) is 5.32 Å². The van der Waals surface area contributed by atoms with Crippen LogP contribution in [-0.2, 0) is 9.59 Å². The van der Waals surface area contributed by atoms with Crippen LogP contribution < -0.4 is 15.5 Å². The predicted molar refractivity (Wildman–Crippen MR) is 192 cm³/mol. The number of thioether (sulfide) groups is 1. The minimum Gasteiger partial charge on any atom is -0.321 e. The standard InChI is InChI=1S/C38H29ClFN3O3S2/c1-2-33(38(46)43-31-15-6-8-17-34(31)48-35-18-9-7-16-32(35)43)47-26-21-19-25(20-22-26)41-37(45)30(23-27-28(39)13-10-14-29(27)40)42-36(44)24-11-4-3-5-12-24/h3-23,33H,2H2,1H3,(H,41,45)(H,42,44)/b30-23-. The number of hydrogen-bond donors (Lipinski definition) is 2. The van der Waals surface area contributed by atoms with Crippen LogP contribution >= 0.6 is 35.1 Å². The third-order valence-corrected chi connectivity index (χ3v) is 10.3. The fourth-order valence-corrected chi connectivity index (χ4v) is 7.38. The van der Waals surface area contributed by atoms with Gasteiger partial charge in [-0.15, -0.1) is 11.8 Å². The van der Waals surface area contributed by atoms with Gasteiger partial charge in [0.1, 0.15) is 11.5 Å². The first kappa shape index (κ1) is 33.1. The summed E-state index contributed by atoms with van der Waals surface area (Å²) in [5.41, 5.74) is 2.28. The molecular formula is C38H29ClFN3O3S2. The summed E-state index contributed by atoms with van der Waals surface area (Å²) in [6, 6.07) is 35.4. The van der Waals surface area contributed by atoms with Crippen molar-refractivity contribution in [3.63, 3.8) is 0 Å². The number of nitrogens with one attached hydrogen (secondary N) is 2. The second kappa shape index (κ2) is 14.9. The summed E-state index contributed by atoms with van der Waals surface area (Å²) in [6.45, 7) is 1.99. The molecule has 0 aromatic heterocycles. The molecule has 0 fully saturated rings. The zero-order chi connectivity index (χ0) is 33.6. The first-order valence-corrected chi connectivity index (χ1v) is 17.2. The van der Waals surface area contributed by atoms with Crippen molar-refractivity contribution < 1.29 is 18.8 Å². The minimum absolute atomic E-state index is 0.0178. The number of rotatable bonds is 9. The first-order chi connectivity index (χ1) is 23.3. The molecule has 1 heterocycles. The SMILES string of the molecule is CCC(Sc1ccc(NC(=O)/C(=C/c2c(F)cccc2Cl)NC(=O)c2ccccc2)cc1)C(=O)N1c2ccccc2Sc2ccccc21. The fraction of sp³-hybridized carbons (Fsp3) is 0.0789. The molecule has 0 aliphatic carbocycles. The smallest absolute Gasteiger partial charge is 0.272 e. The zero-order valence-electron chi connectivity index (χ0n) is 25.7. The third kappa shape index (κ3) is 7.33. The number of hydrogen-bond acceptors (Lipinski definition) is 5. The van der Waals surface area contributed by atoms with E-state index in [1.807, 2.05) is 72.5 Å². The number of halogens is 2. The summed E-state index contributed by atoms with van der Waals surface area (Å²) in [5, 5.41) is 5.09. The maximum absolute atomic E-state index is 14.7. The molecule has 1 aliphatic heterocycles. The highest BCUT2D eigenvalue weighted by Gasteiger charge is 2.32. The Kier molecular flexibility index (Phi) is 10.3. The van der Waals surface area contributed by atoms with Crippen molar-refractivity contribution >= 4 is 76.0 Å². The summed E-state index contributed by atoms with van der Waals surface area (Å²) in [6.07, 6.45) is 1.81. The molecule has 0 bridgehead atoms. The monoisotopic (exact) mass is 693 g/mol. The van der Waals surface area contributed by atoms with E-state index in [4.69, 9.17) is 11.6 Å². The molecule has 1 unspecified atom stereocenters. The Bertz CT molecular complexity index is 1960. The summed E-state index contributed by atoms with van der Waals surface area (Å²) in [4.78, 5) is 45.2. The normalized spacial score (nSPS) is 12.8. The van der Waals surface area contributed by atoms with Gasteiger partial charge in [0.05, 0.1) is 21.6 Å². The molecule has 3 amide bonds. The van der Waals surface area contributed by atoms with Gasteiger partial charge in [-0.25, -0.2) is 4.39 Å². The van der Waals surface area contributed by atoms with Crippen LogP contribution in [0.1, 0.15) is 29.3 Å². The van der Waals surface area contributed by atoms with Crippen molar-refractivity contribution in [3.05, 3.63) is 149 Å². The molecule has 1 aliphatic rings. The molecule has 0 saturated heterocycles. The number of carbonyl (C=O) groups excluding carboxylic acids is 3. The van der Waals surface area contributed by atoms with Crippen LogP contribution in [0.25, 0.3) is 6.08 Å². The molecule has 10 heteroatoms. The summed E-state index contributed by atoms with van der Waals surface area (Å²) in [5.74, 6) is -1.86. The highest BCUT2D eigenvalue weighted by atomic mass is 35.5. The lowest BCUT2D eigenvalue weighted by Gasteiger charge is -2.33. The van der Waals surface area contributed by atoms with Gasteiger partial charge in [0.15, 0.2) is 0 Å². The molecule has 5 aromatic carbocycles. The largest absolute Gasteiger partial charge is 0.321 e. The lowest BCUT2D eigenvalue weighted by molar-refractivity contribution is -0.117. The number of anilines is 3. The Morgan fingerprint density at radius 2 is 1.46 bits per heavy atom. The van der Waals surface area contributed by atoms with Gasteiger partial charge in [-0.3, -0.25) is 19.3 Å². The van der Waals surface area contributed by atoms with E-state index in [0.717, 1.165) is 26.1 Å². The topological polar surface area (TPSA) is 78.5 Å². The van der Waals surface area contributed by atoms with E-state index in [1.54, 1.807) is 54.2 Å². The lowest BCUT2D eigenvalue weighted by atomic mass is 10.1. The molecule has 0 spiro atoms. The lowest BCUT2D eigenvalue weighted by Crippen LogP contribution is -2.35. The molecule has 240 valence electrons. The molecule has 1 atom stereocenters. The van der Waals surface area contributed by atoms with Gasteiger partial charge in [0.2, 0.25) is 5.91 Å². The second-order valence-corrected chi connectivity index (χ2v) is 13.5. The van der Waals surface area contributed by atoms with E-state index in [1.165, 1.54) is 36.0 Å². The van der Waals surface area contributed by atoms with E-state index < -0.39 is 17.6 Å². The molecule has 0 radical (unpaired) electrons. The quantitative estimate of drug-likeness (QED) is 0.119. The van der Waals surface area contributed by atoms with E-state index >= 15 is 0 Å². The maximum Gasteiger partial charge on any atom is 0.272 e. The Balaban J connectivity index is 1.20. The van der Waals surface area contributed by atoms with Crippen LogP contribution in [0, 0.1) is 5.82 Å². The molecule has 2 N–H and O–H groups in total. The number of carbonyl (C=O) groups is 3. The number of para-hydroxylation sites is 2. The summed E-state index contributed by atoms with van der Waals surface area (Å²) < 4.78 is 14.7. The van der Waals surface area contributed by atoms with Crippen LogP contribution in [0.5, 0.6) is 0 Å². The van der Waals surface area contributed by atoms with E-state index in [2.05, 4.69) is 10.6 Å².